The molecule has 0 atom stereocenters. The molecule has 7 heteroatoms. The molecule has 1 amide bonds. The van der Waals surface area contributed by atoms with E-state index in [0.717, 1.165) is 28.8 Å². The maximum absolute atomic E-state index is 12.5. The molecule has 0 saturated carbocycles. The molecular weight excluding hydrogens is 345 g/mol. The van der Waals surface area contributed by atoms with E-state index in [1.165, 1.54) is 12.1 Å². The molecule has 0 aliphatic heterocycles. The SMILES string of the molecule is O=C(Cc1ccc(C(F)(F)F)cc1)NCc1cncc(-c2ccoc2)c1. The Morgan fingerprint density at radius 1 is 1.04 bits per heavy atom. The molecule has 2 aromatic heterocycles. The Kier molecular flexibility index (Phi) is 5.06. The van der Waals surface area contributed by atoms with Crippen molar-refractivity contribution in [3.05, 3.63) is 78.0 Å². The molecule has 26 heavy (non-hydrogen) atoms. The highest BCUT2D eigenvalue weighted by Gasteiger charge is 2.29. The summed E-state index contributed by atoms with van der Waals surface area (Å²) >= 11 is 0. The average Bonchev–Trinajstić information content (AvgIpc) is 3.15. The molecule has 0 aliphatic rings. The van der Waals surface area contributed by atoms with Crippen molar-refractivity contribution in [2.45, 2.75) is 19.1 Å². The second kappa shape index (κ2) is 7.43. The van der Waals surface area contributed by atoms with E-state index in [9.17, 15) is 18.0 Å². The van der Waals surface area contributed by atoms with Crippen LogP contribution in [0.25, 0.3) is 11.1 Å². The number of pyridine rings is 1. The lowest BCUT2D eigenvalue weighted by Crippen LogP contribution is -2.24. The number of halogens is 3. The summed E-state index contributed by atoms with van der Waals surface area (Å²) < 4.78 is 42.6. The Hall–Kier alpha value is -3.09. The van der Waals surface area contributed by atoms with Crippen molar-refractivity contribution in [2.24, 2.45) is 0 Å². The van der Waals surface area contributed by atoms with Crippen LogP contribution in [0.4, 0.5) is 13.2 Å². The van der Waals surface area contributed by atoms with Gasteiger partial charge in [-0.1, -0.05) is 12.1 Å². The van der Waals surface area contributed by atoms with Gasteiger partial charge in [-0.25, -0.2) is 0 Å². The van der Waals surface area contributed by atoms with Crippen molar-refractivity contribution < 1.29 is 22.4 Å². The summed E-state index contributed by atoms with van der Waals surface area (Å²) in [5.41, 5.74) is 2.35. The number of rotatable bonds is 5. The van der Waals surface area contributed by atoms with Crippen LogP contribution in [0.5, 0.6) is 0 Å². The van der Waals surface area contributed by atoms with Crippen LogP contribution < -0.4 is 5.32 Å². The summed E-state index contributed by atoms with van der Waals surface area (Å²) in [4.78, 5) is 16.1. The molecule has 0 spiro atoms. The van der Waals surface area contributed by atoms with E-state index in [2.05, 4.69) is 10.3 Å². The Bertz CT molecular complexity index is 873. The van der Waals surface area contributed by atoms with Gasteiger partial charge in [0.25, 0.3) is 0 Å². The number of amides is 1. The van der Waals surface area contributed by atoms with Gasteiger partial charge in [-0.05, 0) is 35.4 Å². The number of benzene rings is 1. The van der Waals surface area contributed by atoms with Gasteiger partial charge in [-0.3, -0.25) is 9.78 Å². The quantitative estimate of drug-likeness (QED) is 0.741. The molecule has 0 fully saturated rings. The second-order valence-corrected chi connectivity index (χ2v) is 5.74. The second-order valence-electron chi connectivity index (χ2n) is 5.74. The number of nitrogens with one attached hydrogen (secondary N) is 1. The van der Waals surface area contributed by atoms with Gasteiger partial charge in [-0.2, -0.15) is 13.2 Å². The highest BCUT2D eigenvalue weighted by Crippen LogP contribution is 2.29. The zero-order valence-electron chi connectivity index (χ0n) is 13.6. The van der Waals surface area contributed by atoms with Crippen molar-refractivity contribution in [3.8, 4) is 11.1 Å². The van der Waals surface area contributed by atoms with Crippen molar-refractivity contribution in [1.82, 2.24) is 10.3 Å². The van der Waals surface area contributed by atoms with Crippen LogP contribution in [0.1, 0.15) is 16.7 Å². The molecule has 1 aromatic carbocycles. The normalized spacial score (nSPS) is 11.3. The van der Waals surface area contributed by atoms with Gasteiger partial charge >= 0.3 is 6.18 Å². The van der Waals surface area contributed by atoms with E-state index in [1.54, 1.807) is 24.9 Å². The maximum atomic E-state index is 12.5. The summed E-state index contributed by atoms with van der Waals surface area (Å²) in [7, 11) is 0. The molecule has 134 valence electrons. The minimum absolute atomic E-state index is 0.00693. The molecule has 3 rings (SSSR count). The van der Waals surface area contributed by atoms with Crippen molar-refractivity contribution in [2.75, 3.05) is 0 Å². The minimum Gasteiger partial charge on any atom is -0.472 e. The number of furan rings is 1. The summed E-state index contributed by atoms with van der Waals surface area (Å²) in [5.74, 6) is -0.279. The molecule has 0 radical (unpaired) electrons. The van der Waals surface area contributed by atoms with Crippen molar-refractivity contribution in [3.63, 3.8) is 0 Å². The van der Waals surface area contributed by atoms with E-state index < -0.39 is 11.7 Å². The Labute approximate surface area is 147 Å². The third-order valence-corrected chi connectivity index (χ3v) is 3.79. The van der Waals surface area contributed by atoms with Crippen LogP contribution >= 0.6 is 0 Å². The van der Waals surface area contributed by atoms with E-state index in [-0.39, 0.29) is 18.9 Å². The fourth-order valence-electron chi connectivity index (χ4n) is 2.43. The molecule has 0 aliphatic carbocycles. The highest BCUT2D eigenvalue weighted by atomic mass is 19.4. The average molecular weight is 360 g/mol. The van der Waals surface area contributed by atoms with E-state index in [1.807, 2.05) is 12.1 Å². The van der Waals surface area contributed by atoms with Crippen LogP contribution in [0.2, 0.25) is 0 Å². The first-order valence-electron chi connectivity index (χ1n) is 7.81. The zero-order valence-corrected chi connectivity index (χ0v) is 13.6. The predicted molar refractivity (Wildman–Crippen MR) is 88.9 cm³/mol. The third-order valence-electron chi connectivity index (χ3n) is 3.79. The molecular formula is C19H15F3N2O2. The lowest BCUT2D eigenvalue weighted by molar-refractivity contribution is -0.137. The van der Waals surface area contributed by atoms with Crippen LogP contribution in [0.3, 0.4) is 0 Å². The van der Waals surface area contributed by atoms with Gasteiger partial charge in [0.15, 0.2) is 0 Å². The van der Waals surface area contributed by atoms with Crippen LogP contribution in [-0.2, 0) is 23.9 Å². The zero-order chi connectivity index (χ0) is 18.6. The van der Waals surface area contributed by atoms with Crippen molar-refractivity contribution in [1.29, 1.82) is 0 Å². The number of hydrogen-bond donors (Lipinski definition) is 1. The molecule has 2 heterocycles. The highest BCUT2D eigenvalue weighted by molar-refractivity contribution is 5.78. The molecule has 0 saturated heterocycles. The Balaban J connectivity index is 1.57. The first-order valence-corrected chi connectivity index (χ1v) is 7.81. The Morgan fingerprint density at radius 2 is 1.81 bits per heavy atom. The number of alkyl halides is 3. The van der Waals surface area contributed by atoms with Gasteiger partial charge in [-0.15, -0.1) is 0 Å². The van der Waals surface area contributed by atoms with Crippen LogP contribution in [-0.4, -0.2) is 10.9 Å². The molecule has 4 nitrogen and oxygen atoms in total. The van der Waals surface area contributed by atoms with E-state index in [4.69, 9.17) is 4.42 Å². The number of aromatic nitrogens is 1. The fraction of sp³-hybridized carbons (Fsp3) is 0.158. The van der Waals surface area contributed by atoms with Crippen molar-refractivity contribution >= 4 is 5.91 Å². The largest absolute Gasteiger partial charge is 0.472 e. The van der Waals surface area contributed by atoms with E-state index >= 15 is 0 Å². The molecule has 0 bridgehead atoms. The summed E-state index contributed by atoms with van der Waals surface area (Å²) in [6.45, 7) is 0.276. The van der Waals surface area contributed by atoms with Gasteiger partial charge in [0.05, 0.1) is 24.5 Å². The summed E-state index contributed by atoms with van der Waals surface area (Å²) in [6.07, 6.45) is 2.12. The third kappa shape index (κ3) is 4.50. The fourth-order valence-corrected chi connectivity index (χ4v) is 2.43. The van der Waals surface area contributed by atoms with Gasteiger partial charge < -0.3 is 9.73 Å². The minimum atomic E-state index is -4.38. The van der Waals surface area contributed by atoms with Gasteiger partial charge in [0.2, 0.25) is 5.91 Å². The smallest absolute Gasteiger partial charge is 0.416 e. The maximum Gasteiger partial charge on any atom is 0.416 e. The summed E-state index contributed by atoms with van der Waals surface area (Å²) in [5, 5.41) is 2.74. The first kappa shape index (κ1) is 17.7. The van der Waals surface area contributed by atoms with Crippen LogP contribution in [0.15, 0.2) is 65.7 Å². The monoisotopic (exact) mass is 360 g/mol. The standard InChI is InChI=1S/C19H15F3N2O2/c20-19(21,22)17-3-1-13(2-4-17)8-18(25)24-10-14-7-16(11-23-9-14)15-5-6-26-12-15/h1-7,9,11-12H,8,10H2,(H,24,25). The number of nitrogens with zero attached hydrogens (tertiary/aromatic N) is 1. The van der Waals surface area contributed by atoms with Gasteiger partial charge in [0, 0.05) is 30.1 Å². The number of hydrogen-bond acceptors (Lipinski definition) is 3. The van der Waals surface area contributed by atoms with Gasteiger partial charge in [0.1, 0.15) is 0 Å². The first-order chi connectivity index (χ1) is 12.4. The predicted octanol–water partition coefficient (Wildman–Crippen LogP) is 4.22. The summed E-state index contributed by atoms with van der Waals surface area (Å²) in [6, 6.07) is 8.26. The molecule has 0 unspecified atom stereocenters. The molecule has 1 N–H and O–H groups in total. The topological polar surface area (TPSA) is 55.1 Å². The lowest BCUT2D eigenvalue weighted by atomic mass is 10.1. The molecule has 3 aromatic rings. The lowest BCUT2D eigenvalue weighted by Gasteiger charge is -2.08. The Morgan fingerprint density at radius 3 is 2.46 bits per heavy atom. The number of carbonyl (C=O) groups excluding carboxylic acids is 1. The van der Waals surface area contributed by atoms with E-state index in [0.29, 0.717) is 5.56 Å². The number of carbonyl (C=O) groups is 1. The van der Waals surface area contributed by atoms with Crippen LogP contribution in [0, 0.1) is 0 Å².